The molecule has 0 aliphatic carbocycles. The molecule has 84 valence electrons. The van der Waals surface area contributed by atoms with E-state index in [1.807, 2.05) is 0 Å². The fourth-order valence-corrected chi connectivity index (χ4v) is 1.97. The normalized spacial score (nSPS) is 10.5. The molecule has 0 bridgehead atoms. The molecule has 0 fully saturated rings. The first-order chi connectivity index (χ1) is 7.67. The smallest absolute Gasteiger partial charge is 0.147 e. The van der Waals surface area contributed by atoms with Gasteiger partial charge in [0.25, 0.3) is 0 Å². The Hall–Kier alpha value is -1.19. The van der Waals surface area contributed by atoms with Crippen molar-refractivity contribution in [3.63, 3.8) is 0 Å². The van der Waals surface area contributed by atoms with E-state index in [0.717, 1.165) is 5.39 Å². The zero-order chi connectivity index (χ0) is 11.7. The van der Waals surface area contributed by atoms with Gasteiger partial charge in [-0.25, -0.2) is 4.98 Å². The summed E-state index contributed by atoms with van der Waals surface area (Å²) in [5, 5.41) is 1.65. The number of hydrogen-bond donors (Lipinski definition) is 0. The van der Waals surface area contributed by atoms with Crippen molar-refractivity contribution in [2.45, 2.75) is 0 Å². The van der Waals surface area contributed by atoms with E-state index < -0.39 is 0 Å². The van der Waals surface area contributed by atoms with Gasteiger partial charge < -0.3 is 9.47 Å². The number of aromatic nitrogens is 1. The molecule has 1 heterocycles. The molecule has 0 atom stereocenters. The van der Waals surface area contributed by atoms with Crippen molar-refractivity contribution in [3.8, 4) is 11.5 Å². The molecule has 5 heteroatoms. The van der Waals surface area contributed by atoms with Crippen LogP contribution >= 0.6 is 23.2 Å². The molecule has 0 spiro atoms. The maximum atomic E-state index is 6.06. The van der Waals surface area contributed by atoms with Gasteiger partial charge in [0.15, 0.2) is 0 Å². The molecular weight excluding hydrogens is 249 g/mol. The molecule has 0 N–H and O–H groups in total. The third-order valence-electron chi connectivity index (χ3n) is 2.24. The third kappa shape index (κ3) is 1.77. The molecule has 0 saturated heterocycles. The molecule has 0 unspecified atom stereocenters. The molecule has 16 heavy (non-hydrogen) atoms. The van der Waals surface area contributed by atoms with Crippen molar-refractivity contribution >= 4 is 34.1 Å². The van der Waals surface area contributed by atoms with E-state index in [1.54, 1.807) is 32.4 Å². The van der Waals surface area contributed by atoms with Crippen molar-refractivity contribution in [1.29, 1.82) is 0 Å². The molecule has 0 radical (unpaired) electrons. The van der Waals surface area contributed by atoms with Crippen molar-refractivity contribution < 1.29 is 9.47 Å². The minimum atomic E-state index is 0.398. The summed E-state index contributed by atoms with van der Waals surface area (Å²) in [5.74, 6) is 1.14. The average Bonchev–Trinajstić information content (AvgIpc) is 2.28. The van der Waals surface area contributed by atoms with Gasteiger partial charge in [-0.2, -0.15) is 0 Å². The molecule has 2 aromatic rings. The lowest BCUT2D eigenvalue weighted by Gasteiger charge is -2.10. The predicted molar refractivity (Wildman–Crippen MR) is 64.9 cm³/mol. The Balaban J connectivity index is 2.87. The number of pyridine rings is 1. The summed E-state index contributed by atoms with van der Waals surface area (Å²) in [4.78, 5) is 4.20. The Morgan fingerprint density at radius 3 is 2.50 bits per heavy atom. The standard InChI is InChI=1S/C11H9Cl2NO2/c1-15-8-5-7(12)11(16-2)6-3-4-9(13)14-10(6)8/h3-5H,1-2H3. The summed E-state index contributed by atoms with van der Waals surface area (Å²) < 4.78 is 10.4. The first-order valence-electron chi connectivity index (χ1n) is 4.54. The Kier molecular flexibility index (Phi) is 3.08. The highest BCUT2D eigenvalue weighted by atomic mass is 35.5. The first-order valence-corrected chi connectivity index (χ1v) is 5.29. The number of nitrogens with zero attached hydrogens (tertiary/aromatic N) is 1. The van der Waals surface area contributed by atoms with Crippen LogP contribution in [0, 0.1) is 0 Å². The van der Waals surface area contributed by atoms with E-state index in [-0.39, 0.29) is 0 Å². The van der Waals surface area contributed by atoms with E-state index in [9.17, 15) is 0 Å². The summed E-state index contributed by atoms with van der Waals surface area (Å²) in [6, 6.07) is 5.14. The molecule has 0 amide bonds. The maximum Gasteiger partial charge on any atom is 0.147 e. The number of halogens is 2. The van der Waals surface area contributed by atoms with Crippen LogP contribution in [0.25, 0.3) is 10.9 Å². The summed E-state index contributed by atoms with van der Waals surface area (Å²) in [7, 11) is 3.11. The second kappa shape index (κ2) is 4.36. The predicted octanol–water partition coefficient (Wildman–Crippen LogP) is 3.56. The van der Waals surface area contributed by atoms with E-state index in [0.29, 0.717) is 27.2 Å². The summed E-state index contributed by atoms with van der Waals surface area (Å²) in [5.41, 5.74) is 0.635. The molecular formula is C11H9Cl2NO2. The van der Waals surface area contributed by atoms with Gasteiger partial charge in [-0.3, -0.25) is 0 Å². The zero-order valence-corrected chi connectivity index (χ0v) is 10.3. The average molecular weight is 258 g/mol. The number of fused-ring (bicyclic) bond motifs is 1. The van der Waals surface area contributed by atoms with Crippen molar-refractivity contribution in [2.24, 2.45) is 0 Å². The van der Waals surface area contributed by atoms with Crippen molar-refractivity contribution in [3.05, 3.63) is 28.4 Å². The molecule has 0 saturated carbocycles. The third-order valence-corrected chi connectivity index (χ3v) is 2.73. The van der Waals surface area contributed by atoms with Gasteiger partial charge in [0.2, 0.25) is 0 Å². The van der Waals surface area contributed by atoms with Crippen molar-refractivity contribution in [1.82, 2.24) is 4.98 Å². The number of benzene rings is 1. The maximum absolute atomic E-state index is 6.06. The largest absolute Gasteiger partial charge is 0.494 e. The fraction of sp³-hybridized carbons (Fsp3) is 0.182. The second-order valence-corrected chi connectivity index (χ2v) is 3.92. The van der Waals surface area contributed by atoms with Crippen LogP contribution in [0.3, 0.4) is 0 Å². The lowest BCUT2D eigenvalue weighted by atomic mass is 10.2. The molecule has 0 aliphatic rings. The van der Waals surface area contributed by atoms with Crippen LogP contribution in [0.5, 0.6) is 11.5 Å². The van der Waals surface area contributed by atoms with Crippen LogP contribution < -0.4 is 9.47 Å². The summed E-state index contributed by atoms with van der Waals surface area (Å²) in [6.07, 6.45) is 0. The van der Waals surface area contributed by atoms with Crippen LogP contribution in [-0.2, 0) is 0 Å². The first kappa shape index (κ1) is 11.3. The number of methoxy groups -OCH3 is 2. The van der Waals surface area contributed by atoms with Gasteiger partial charge >= 0.3 is 0 Å². The second-order valence-electron chi connectivity index (χ2n) is 3.12. The number of hydrogen-bond acceptors (Lipinski definition) is 3. The van der Waals surface area contributed by atoms with E-state index in [1.165, 1.54) is 0 Å². The monoisotopic (exact) mass is 257 g/mol. The Morgan fingerprint density at radius 1 is 1.12 bits per heavy atom. The summed E-state index contributed by atoms with van der Waals surface area (Å²) >= 11 is 11.9. The highest BCUT2D eigenvalue weighted by molar-refractivity contribution is 6.34. The van der Waals surface area contributed by atoms with Crippen LogP contribution in [0.4, 0.5) is 0 Å². The molecule has 3 nitrogen and oxygen atoms in total. The molecule has 2 rings (SSSR count). The highest BCUT2D eigenvalue weighted by Crippen LogP contribution is 2.38. The van der Waals surface area contributed by atoms with Crippen molar-refractivity contribution in [2.75, 3.05) is 14.2 Å². The van der Waals surface area contributed by atoms with Gasteiger partial charge in [0.05, 0.1) is 19.2 Å². The van der Waals surface area contributed by atoms with Crippen LogP contribution in [0.1, 0.15) is 0 Å². The topological polar surface area (TPSA) is 31.4 Å². The van der Waals surface area contributed by atoms with Gasteiger partial charge in [-0.1, -0.05) is 23.2 Å². The lowest BCUT2D eigenvalue weighted by Crippen LogP contribution is -1.92. The Labute approximate surface area is 103 Å². The number of ether oxygens (including phenoxy) is 2. The van der Waals surface area contributed by atoms with E-state index >= 15 is 0 Å². The quantitative estimate of drug-likeness (QED) is 0.772. The lowest BCUT2D eigenvalue weighted by molar-refractivity contribution is 0.410. The van der Waals surface area contributed by atoms with Gasteiger partial charge in [-0.05, 0) is 12.1 Å². The molecule has 0 aliphatic heterocycles. The van der Waals surface area contributed by atoms with Gasteiger partial charge in [0, 0.05) is 11.5 Å². The van der Waals surface area contributed by atoms with Crippen LogP contribution in [-0.4, -0.2) is 19.2 Å². The molecule has 1 aromatic carbocycles. The highest BCUT2D eigenvalue weighted by Gasteiger charge is 2.13. The van der Waals surface area contributed by atoms with E-state index in [4.69, 9.17) is 32.7 Å². The van der Waals surface area contributed by atoms with Crippen LogP contribution in [0.2, 0.25) is 10.2 Å². The fourth-order valence-electron chi connectivity index (χ4n) is 1.55. The summed E-state index contributed by atoms with van der Waals surface area (Å²) in [6.45, 7) is 0. The number of rotatable bonds is 2. The van der Waals surface area contributed by atoms with Gasteiger partial charge in [0.1, 0.15) is 22.2 Å². The van der Waals surface area contributed by atoms with Gasteiger partial charge in [-0.15, -0.1) is 0 Å². The Morgan fingerprint density at radius 2 is 1.88 bits per heavy atom. The van der Waals surface area contributed by atoms with E-state index in [2.05, 4.69) is 4.98 Å². The zero-order valence-electron chi connectivity index (χ0n) is 8.75. The minimum Gasteiger partial charge on any atom is -0.494 e. The molecule has 1 aromatic heterocycles. The van der Waals surface area contributed by atoms with Crippen LogP contribution in [0.15, 0.2) is 18.2 Å². The minimum absolute atomic E-state index is 0.398. The SMILES string of the molecule is COc1c(Cl)cc(OC)c2nc(Cl)ccc12. The Bertz CT molecular complexity index is 543.